The Morgan fingerprint density at radius 2 is 2.00 bits per heavy atom. The number of carbonyl (C=O) groups is 2. The molecule has 0 N–H and O–H groups in total. The third kappa shape index (κ3) is 1.99. The predicted molar refractivity (Wildman–Crippen MR) is 65.0 cm³/mol. The Morgan fingerprint density at radius 1 is 1.35 bits per heavy atom. The van der Waals surface area contributed by atoms with Gasteiger partial charge < -0.3 is 0 Å². The van der Waals surface area contributed by atoms with Crippen molar-refractivity contribution in [1.29, 1.82) is 0 Å². The van der Waals surface area contributed by atoms with E-state index in [4.69, 9.17) is 0 Å². The van der Waals surface area contributed by atoms with Crippen LogP contribution in [-0.2, 0) is 9.59 Å². The van der Waals surface area contributed by atoms with E-state index in [9.17, 15) is 14.0 Å². The van der Waals surface area contributed by atoms with Gasteiger partial charge in [-0.3, -0.25) is 9.59 Å². The van der Waals surface area contributed by atoms with Crippen LogP contribution in [-0.4, -0.2) is 11.8 Å². The lowest BCUT2D eigenvalue weighted by Gasteiger charge is -2.18. The summed E-state index contributed by atoms with van der Waals surface area (Å²) in [6, 6.07) is 4.27. The Kier molecular flexibility index (Phi) is 2.81. The Balaban J connectivity index is 2.48. The van der Waals surface area contributed by atoms with Crippen molar-refractivity contribution in [2.75, 3.05) is 4.90 Å². The summed E-state index contributed by atoms with van der Waals surface area (Å²) in [4.78, 5) is 24.7. The molecule has 0 aromatic heterocycles. The molecule has 1 heterocycles. The fourth-order valence-corrected chi connectivity index (χ4v) is 2.19. The van der Waals surface area contributed by atoms with Crippen LogP contribution in [0.5, 0.6) is 0 Å². The number of benzene rings is 1. The summed E-state index contributed by atoms with van der Waals surface area (Å²) in [5.41, 5.74) is -0.731. The van der Waals surface area contributed by atoms with Crippen molar-refractivity contribution in [3.63, 3.8) is 0 Å². The van der Waals surface area contributed by atoms with Gasteiger partial charge in [0.25, 0.3) is 0 Å². The highest BCUT2D eigenvalue weighted by atomic mass is 79.9. The smallest absolute Gasteiger partial charge is 0.240 e. The van der Waals surface area contributed by atoms with Crippen LogP contribution in [0, 0.1) is 11.2 Å². The van der Waals surface area contributed by atoms with Gasteiger partial charge in [0.15, 0.2) is 0 Å². The lowest BCUT2D eigenvalue weighted by atomic mass is 9.92. The fourth-order valence-electron chi connectivity index (χ4n) is 1.86. The van der Waals surface area contributed by atoms with Crippen LogP contribution in [0.1, 0.15) is 20.3 Å². The number of nitrogens with zero attached hydrogens (tertiary/aromatic N) is 1. The normalized spacial score (nSPS) is 18.9. The molecule has 0 atom stereocenters. The molecule has 90 valence electrons. The van der Waals surface area contributed by atoms with Crippen molar-refractivity contribution in [2.45, 2.75) is 20.3 Å². The van der Waals surface area contributed by atoms with Crippen LogP contribution in [0.4, 0.5) is 10.1 Å². The third-order valence-corrected chi connectivity index (χ3v) is 3.27. The average molecular weight is 300 g/mol. The van der Waals surface area contributed by atoms with Gasteiger partial charge in [0.2, 0.25) is 11.8 Å². The van der Waals surface area contributed by atoms with Crippen molar-refractivity contribution < 1.29 is 14.0 Å². The monoisotopic (exact) mass is 299 g/mol. The maximum Gasteiger partial charge on any atom is 0.240 e. The number of rotatable bonds is 1. The average Bonchev–Trinajstić information content (AvgIpc) is 2.39. The molecule has 0 bridgehead atoms. The molecular formula is C12H11BrFNO2. The highest BCUT2D eigenvalue weighted by molar-refractivity contribution is 9.10. The molecule has 1 aliphatic heterocycles. The number of carbonyl (C=O) groups excluding carboxylic acids is 2. The second-order valence-electron chi connectivity index (χ2n) is 4.69. The largest absolute Gasteiger partial charge is 0.274 e. The van der Waals surface area contributed by atoms with Gasteiger partial charge in [-0.05, 0) is 18.2 Å². The molecule has 5 heteroatoms. The summed E-state index contributed by atoms with van der Waals surface area (Å²) in [7, 11) is 0. The summed E-state index contributed by atoms with van der Waals surface area (Å²) in [6.45, 7) is 3.37. The molecule has 1 saturated heterocycles. The van der Waals surface area contributed by atoms with Gasteiger partial charge >= 0.3 is 0 Å². The van der Waals surface area contributed by atoms with E-state index in [2.05, 4.69) is 15.9 Å². The van der Waals surface area contributed by atoms with E-state index >= 15 is 0 Å². The summed E-state index contributed by atoms with van der Waals surface area (Å²) >= 11 is 3.13. The van der Waals surface area contributed by atoms with Gasteiger partial charge in [-0.15, -0.1) is 0 Å². The maximum atomic E-state index is 13.7. The van der Waals surface area contributed by atoms with Gasteiger partial charge in [0.05, 0.1) is 11.1 Å². The number of imide groups is 1. The van der Waals surface area contributed by atoms with Gasteiger partial charge in [0, 0.05) is 10.9 Å². The zero-order valence-electron chi connectivity index (χ0n) is 9.46. The van der Waals surface area contributed by atoms with E-state index < -0.39 is 11.2 Å². The summed E-state index contributed by atoms with van der Waals surface area (Å²) in [6.07, 6.45) is 0.112. The molecule has 0 unspecified atom stereocenters. The third-order valence-electron chi connectivity index (χ3n) is 2.78. The Morgan fingerprint density at radius 3 is 2.47 bits per heavy atom. The Labute approximate surface area is 107 Å². The van der Waals surface area contributed by atoms with E-state index in [1.165, 1.54) is 12.1 Å². The Bertz CT molecular complexity index is 513. The fraction of sp³-hybridized carbons (Fsp3) is 0.333. The van der Waals surface area contributed by atoms with Crippen molar-refractivity contribution >= 4 is 33.4 Å². The van der Waals surface area contributed by atoms with E-state index in [0.717, 1.165) is 4.90 Å². The molecule has 1 aromatic carbocycles. The lowest BCUT2D eigenvalue weighted by molar-refractivity contribution is -0.124. The van der Waals surface area contributed by atoms with E-state index in [1.54, 1.807) is 19.9 Å². The molecular weight excluding hydrogens is 289 g/mol. The van der Waals surface area contributed by atoms with E-state index in [1.807, 2.05) is 0 Å². The topological polar surface area (TPSA) is 37.4 Å². The molecule has 0 aliphatic carbocycles. The van der Waals surface area contributed by atoms with Crippen LogP contribution in [0.15, 0.2) is 22.7 Å². The zero-order valence-corrected chi connectivity index (χ0v) is 11.0. The molecule has 1 aromatic rings. The standard InChI is InChI=1S/C12H11BrFNO2/c1-12(2)6-10(16)15(11(12)17)9-4-3-7(13)5-8(9)14/h3-5H,6H2,1-2H3. The molecule has 0 saturated carbocycles. The van der Waals surface area contributed by atoms with Gasteiger partial charge in [-0.1, -0.05) is 29.8 Å². The van der Waals surface area contributed by atoms with Crippen LogP contribution in [0.2, 0.25) is 0 Å². The van der Waals surface area contributed by atoms with Crippen molar-refractivity contribution in [3.8, 4) is 0 Å². The first-order valence-electron chi connectivity index (χ1n) is 5.15. The summed E-state index contributed by atoms with van der Waals surface area (Å²) in [5.74, 6) is -1.30. The predicted octanol–water partition coefficient (Wildman–Crippen LogP) is 2.88. The second kappa shape index (κ2) is 3.91. The molecule has 2 rings (SSSR count). The molecule has 0 radical (unpaired) electrons. The van der Waals surface area contributed by atoms with Gasteiger partial charge in [-0.25, -0.2) is 9.29 Å². The molecule has 3 nitrogen and oxygen atoms in total. The molecule has 0 spiro atoms. The summed E-state index contributed by atoms with van der Waals surface area (Å²) < 4.78 is 14.3. The van der Waals surface area contributed by atoms with Crippen LogP contribution in [0.3, 0.4) is 0 Å². The van der Waals surface area contributed by atoms with Crippen molar-refractivity contribution in [1.82, 2.24) is 0 Å². The van der Waals surface area contributed by atoms with Crippen LogP contribution in [0.25, 0.3) is 0 Å². The Hall–Kier alpha value is -1.23. The molecule has 1 aliphatic rings. The first-order valence-corrected chi connectivity index (χ1v) is 5.95. The maximum absolute atomic E-state index is 13.7. The minimum Gasteiger partial charge on any atom is -0.274 e. The molecule has 1 fully saturated rings. The zero-order chi connectivity index (χ0) is 12.8. The quantitative estimate of drug-likeness (QED) is 0.748. The van der Waals surface area contributed by atoms with Crippen molar-refractivity contribution in [2.24, 2.45) is 5.41 Å². The molecule has 2 amide bonds. The highest BCUT2D eigenvalue weighted by Gasteiger charge is 2.46. The van der Waals surface area contributed by atoms with Crippen LogP contribution >= 0.6 is 15.9 Å². The van der Waals surface area contributed by atoms with E-state index in [-0.39, 0.29) is 23.9 Å². The first kappa shape index (κ1) is 12.2. The SMILES string of the molecule is CC1(C)CC(=O)N(c2ccc(Br)cc2F)C1=O. The molecule has 17 heavy (non-hydrogen) atoms. The second-order valence-corrected chi connectivity index (χ2v) is 5.61. The van der Waals surface area contributed by atoms with Crippen LogP contribution < -0.4 is 4.90 Å². The van der Waals surface area contributed by atoms with E-state index in [0.29, 0.717) is 4.47 Å². The van der Waals surface area contributed by atoms with Gasteiger partial charge in [0.1, 0.15) is 5.82 Å². The van der Waals surface area contributed by atoms with Gasteiger partial charge in [-0.2, -0.15) is 0 Å². The number of anilines is 1. The number of hydrogen-bond donors (Lipinski definition) is 0. The lowest BCUT2D eigenvalue weighted by Crippen LogP contribution is -2.33. The first-order chi connectivity index (χ1) is 7.83. The number of hydrogen-bond acceptors (Lipinski definition) is 2. The minimum atomic E-state index is -0.753. The number of amides is 2. The summed E-state index contributed by atoms with van der Waals surface area (Å²) in [5, 5.41) is 0. The minimum absolute atomic E-state index is 0.0220. The highest BCUT2D eigenvalue weighted by Crippen LogP contribution is 2.36. The number of halogens is 2. The van der Waals surface area contributed by atoms with Crippen molar-refractivity contribution in [3.05, 3.63) is 28.5 Å².